The van der Waals surface area contributed by atoms with Gasteiger partial charge in [0, 0.05) is 31.5 Å². The topological polar surface area (TPSA) is 79.4 Å². The van der Waals surface area contributed by atoms with Gasteiger partial charge in [0.05, 0.1) is 4.90 Å². The smallest absolute Gasteiger partial charge is 0.255 e. The molecule has 0 saturated heterocycles. The summed E-state index contributed by atoms with van der Waals surface area (Å²) in [6.07, 6.45) is 1.43. The van der Waals surface area contributed by atoms with Crippen LogP contribution in [-0.2, 0) is 10.0 Å². The number of pyridine rings is 1. The van der Waals surface area contributed by atoms with E-state index in [-0.39, 0.29) is 10.0 Å². The Morgan fingerprint density at radius 3 is 2.52 bits per heavy atom. The largest absolute Gasteiger partial charge is 0.322 e. The molecule has 0 unspecified atom stereocenters. The van der Waals surface area contributed by atoms with Crippen LogP contribution >= 0.6 is 11.6 Å². The summed E-state index contributed by atoms with van der Waals surface area (Å²) in [6, 6.07) is 7.55. The van der Waals surface area contributed by atoms with Crippen molar-refractivity contribution in [1.29, 1.82) is 0 Å². The molecule has 1 amide bonds. The Labute approximate surface area is 140 Å². The van der Waals surface area contributed by atoms with Crippen molar-refractivity contribution in [3.05, 3.63) is 52.8 Å². The number of halogens is 1. The molecule has 0 radical (unpaired) electrons. The first-order valence-corrected chi connectivity index (χ1v) is 8.49. The fraction of sp³-hybridized carbons (Fsp3) is 0.200. The number of sulfonamides is 1. The minimum Gasteiger partial charge on any atom is -0.322 e. The predicted molar refractivity (Wildman–Crippen MR) is 89.3 cm³/mol. The molecule has 6 nitrogen and oxygen atoms in total. The number of benzene rings is 1. The van der Waals surface area contributed by atoms with Crippen molar-refractivity contribution in [3.63, 3.8) is 0 Å². The van der Waals surface area contributed by atoms with Crippen LogP contribution in [0.15, 0.2) is 41.4 Å². The molecular formula is C15H16ClN3O3S. The van der Waals surface area contributed by atoms with Gasteiger partial charge in [0.15, 0.2) is 0 Å². The van der Waals surface area contributed by atoms with E-state index in [1.54, 1.807) is 13.0 Å². The molecule has 1 heterocycles. The van der Waals surface area contributed by atoms with Crippen LogP contribution in [0.25, 0.3) is 0 Å². The number of aryl methyl sites for hydroxylation is 1. The van der Waals surface area contributed by atoms with Crippen molar-refractivity contribution in [2.75, 3.05) is 19.4 Å². The Balaban J connectivity index is 2.35. The van der Waals surface area contributed by atoms with Crippen LogP contribution in [-0.4, -0.2) is 37.7 Å². The standard InChI is InChI=1S/C15H16ClN3O3S/c1-10-4-5-12(23(21,22)19(2)3)9-13(10)18-15(20)11-6-7-17-14(16)8-11/h4-9H,1-3H3,(H,18,20). The third-order valence-electron chi connectivity index (χ3n) is 3.22. The summed E-state index contributed by atoms with van der Waals surface area (Å²) in [5.41, 5.74) is 1.51. The Morgan fingerprint density at radius 1 is 1.22 bits per heavy atom. The maximum atomic E-state index is 12.3. The fourth-order valence-electron chi connectivity index (χ4n) is 1.85. The van der Waals surface area contributed by atoms with Crippen LogP contribution in [0.3, 0.4) is 0 Å². The second-order valence-electron chi connectivity index (χ2n) is 5.09. The Morgan fingerprint density at radius 2 is 1.91 bits per heavy atom. The Hall–Kier alpha value is -1.96. The summed E-state index contributed by atoms with van der Waals surface area (Å²) in [5, 5.41) is 2.90. The molecule has 0 aliphatic heterocycles. The fourth-order valence-corrected chi connectivity index (χ4v) is 2.95. The molecular weight excluding hydrogens is 338 g/mol. The van der Waals surface area contributed by atoms with E-state index in [1.807, 2.05) is 0 Å². The van der Waals surface area contributed by atoms with E-state index in [9.17, 15) is 13.2 Å². The normalized spacial score (nSPS) is 11.5. The molecule has 0 bridgehead atoms. The summed E-state index contributed by atoms with van der Waals surface area (Å²) in [7, 11) is -0.671. The first kappa shape index (κ1) is 17.4. The van der Waals surface area contributed by atoms with Gasteiger partial charge in [0.25, 0.3) is 5.91 Å². The molecule has 2 aromatic rings. The number of rotatable bonds is 4. The van der Waals surface area contributed by atoms with E-state index >= 15 is 0 Å². The van der Waals surface area contributed by atoms with E-state index in [0.717, 1.165) is 9.87 Å². The molecule has 0 saturated carbocycles. The second kappa shape index (κ2) is 6.66. The monoisotopic (exact) mass is 353 g/mol. The number of amides is 1. The average Bonchev–Trinajstić information content (AvgIpc) is 2.49. The van der Waals surface area contributed by atoms with E-state index in [0.29, 0.717) is 11.3 Å². The first-order valence-electron chi connectivity index (χ1n) is 6.68. The van der Waals surface area contributed by atoms with Crippen molar-refractivity contribution in [2.24, 2.45) is 0 Å². The number of aromatic nitrogens is 1. The van der Waals surface area contributed by atoms with Crippen molar-refractivity contribution in [3.8, 4) is 0 Å². The van der Waals surface area contributed by atoms with E-state index in [4.69, 9.17) is 11.6 Å². The molecule has 122 valence electrons. The second-order valence-corrected chi connectivity index (χ2v) is 7.62. The van der Waals surface area contributed by atoms with Crippen LogP contribution in [0.5, 0.6) is 0 Å². The van der Waals surface area contributed by atoms with Gasteiger partial charge in [-0.1, -0.05) is 17.7 Å². The predicted octanol–water partition coefficient (Wildman–Crippen LogP) is 2.55. The quantitative estimate of drug-likeness (QED) is 0.857. The number of anilines is 1. The molecule has 0 aliphatic carbocycles. The number of carbonyl (C=O) groups is 1. The van der Waals surface area contributed by atoms with Crippen molar-refractivity contribution in [2.45, 2.75) is 11.8 Å². The molecule has 0 spiro atoms. The summed E-state index contributed by atoms with van der Waals surface area (Å²) in [6.45, 7) is 1.78. The van der Waals surface area contributed by atoms with Crippen LogP contribution in [0.2, 0.25) is 5.15 Å². The third kappa shape index (κ3) is 3.87. The zero-order valence-corrected chi connectivity index (χ0v) is 14.4. The van der Waals surface area contributed by atoms with Crippen LogP contribution in [0.1, 0.15) is 15.9 Å². The summed E-state index contributed by atoms with van der Waals surface area (Å²) in [4.78, 5) is 16.2. The molecule has 1 N–H and O–H groups in total. The zero-order chi connectivity index (χ0) is 17.2. The van der Waals surface area contributed by atoms with Crippen molar-refractivity contribution >= 4 is 33.2 Å². The van der Waals surface area contributed by atoms with E-state index < -0.39 is 15.9 Å². The number of nitrogens with zero attached hydrogens (tertiary/aromatic N) is 2. The lowest BCUT2D eigenvalue weighted by molar-refractivity contribution is 0.102. The minimum atomic E-state index is -3.57. The van der Waals surface area contributed by atoms with Gasteiger partial charge in [-0.05, 0) is 36.8 Å². The molecule has 23 heavy (non-hydrogen) atoms. The zero-order valence-electron chi connectivity index (χ0n) is 12.9. The lowest BCUT2D eigenvalue weighted by Crippen LogP contribution is -2.22. The number of hydrogen-bond acceptors (Lipinski definition) is 4. The number of hydrogen-bond donors (Lipinski definition) is 1. The molecule has 2 rings (SSSR count). The van der Waals surface area contributed by atoms with Gasteiger partial charge in [-0.25, -0.2) is 17.7 Å². The van der Waals surface area contributed by atoms with Crippen LogP contribution in [0.4, 0.5) is 5.69 Å². The summed E-state index contributed by atoms with van der Waals surface area (Å²) < 4.78 is 25.5. The van der Waals surface area contributed by atoms with Gasteiger partial charge < -0.3 is 5.32 Å². The maximum Gasteiger partial charge on any atom is 0.255 e. The van der Waals surface area contributed by atoms with Crippen molar-refractivity contribution in [1.82, 2.24) is 9.29 Å². The molecule has 1 aromatic carbocycles. The van der Waals surface area contributed by atoms with Gasteiger partial charge in [-0.3, -0.25) is 4.79 Å². The Bertz CT molecular complexity index is 851. The highest BCUT2D eigenvalue weighted by molar-refractivity contribution is 7.89. The van der Waals surface area contributed by atoms with Gasteiger partial charge in [0.1, 0.15) is 5.15 Å². The molecule has 0 fully saturated rings. The maximum absolute atomic E-state index is 12.3. The van der Waals surface area contributed by atoms with Gasteiger partial charge in [0.2, 0.25) is 10.0 Å². The van der Waals surface area contributed by atoms with Crippen LogP contribution < -0.4 is 5.32 Å². The third-order valence-corrected chi connectivity index (χ3v) is 5.24. The SMILES string of the molecule is Cc1ccc(S(=O)(=O)N(C)C)cc1NC(=O)c1ccnc(Cl)c1. The van der Waals surface area contributed by atoms with E-state index in [2.05, 4.69) is 10.3 Å². The van der Waals surface area contributed by atoms with Crippen molar-refractivity contribution < 1.29 is 13.2 Å². The van der Waals surface area contributed by atoms with Gasteiger partial charge in [-0.2, -0.15) is 0 Å². The highest BCUT2D eigenvalue weighted by Gasteiger charge is 2.19. The lowest BCUT2D eigenvalue weighted by Gasteiger charge is -2.14. The molecule has 0 atom stereocenters. The van der Waals surface area contributed by atoms with Gasteiger partial charge >= 0.3 is 0 Å². The highest BCUT2D eigenvalue weighted by Crippen LogP contribution is 2.22. The number of carbonyl (C=O) groups excluding carboxylic acids is 1. The number of nitrogens with one attached hydrogen (secondary N) is 1. The lowest BCUT2D eigenvalue weighted by atomic mass is 10.2. The average molecular weight is 354 g/mol. The Kier molecular flexibility index (Phi) is 5.03. The highest BCUT2D eigenvalue weighted by atomic mass is 35.5. The summed E-state index contributed by atoms with van der Waals surface area (Å²) >= 11 is 5.77. The molecule has 8 heteroatoms. The molecule has 1 aromatic heterocycles. The summed E-state index contributed by atoms with van der Waals surface area (Å²) in [5.74, 6) is -0.392. The first-order chi connectivity index (χ1) is 10.7. The van der Waals surface area contributed by atoms with E-state index in [1.165, 1.54) is 44.6 Å². The minimum absolute atomic E-state index is 0.108. The molecule has 0 aliphatic rings. The van der Waals surface area contributed by atoms with Crippen LogP contribution in [0, 0.1) is 6.92 Å². The van der Waals surface area contributed by atoms with Gasteiger partial charge in [-0.15, -0.1) is 0 Å².